The number of piperazine rings is 1. The number of hydrogen-bond donors (Lipinski definition) is 0. The van der Waals surface area contributed by atoms with E-state index in [9.17, 15) is 0 Å². The summed E-state index contributed by atoms with van der Waals surface area (Å²) < 4.78 is 33.3. The van der Waals surface area contributed by atoms with Crippen LogP contribution in [0.4, 0.5) is 0 Å². The van der Waals surface area contributed by atoms with Gasteiger partial charge < -0.3 is 28.0 Å². The van der Waals surface area contributed by atoms with Crippen LogP contribution < -0.4 is 23.1 Å². The van der Waals surface area contributed by atoms with Crippen molar-refractivity contribution in [3.05, 3.63) is 77.4 Å². The summed E-state index contributed by atoms with van der Waals surface area (Å²) in [6, 6.07) is 21.2. The van der Waals surface area contributed by atoms with Crippen LogP contribution in [0.1, 0.15) is 70.8 Å². The second-order valence-corrected chi connectivity index (χ2v) is 27.0. The first kappa shape index (κ1) is 37.5. The third kappa shape index (κ3) is 8.22. The van der Waals surface area contributed by atoms with Crippen LogP contribution in [-0.4, -0.2) is 79.4 Å². The molecule has 0 bridgehead atoms. The molecule has 0 N–H and O–H groups in total. The van der Waals surface area contributed by atoms with Crippen molar-refractivity contribution in [1.29, 1.82) is 0 Å². The zero-order valence-corrected chi connectivity index (χ0v) is 34.9. The van der Waals surface area contributed by atoms with E-state index in [1.807, 2.05) is 0 Å². The lowest BCUT2D eigenvalue weighted by atomic mass is 9.84. The van der Waals surface area contributed by atoms with E-state index in [0.717, 1.165) is 90.2 Å². The molecule has 1 atom stereocenters. The highest BCUT2D eigenvalue weighted by atomic mass is 28.4. The summed E-state index contributed by atoms with van der Waals surface area (Å²) in [4.78, 5) is 4.86. The van der Waals surface area contributed by atoms with Gasteiger partial charge in [0.05, 0.1) is 6.61 Å². The van der Waals surface area contributed by atoms with Crippen LogP contribution in [0.3, 0.4) is 0 Å². The fourth-order valence-corrected chi connectivity index (χ4v) is 8.42. The second kappa shape index (κ2) is 14.3. The van der Waals surface area contributed by atoms with Gasteiger partial charge in [-0.15, -0.1) is 0 Å². The van der Waals surface area contributed by atoms with E-state index in [2.05, 4.69) is 145 Å². The van der Waals surface area contributed by atoms with Gasteiger partial charge in [0.15, 0.2) is 0 Å². The van der Waals surface area contributed by atoms with Crippen molar-refractivity contribution in [1.82, 2.24) is 9.80 Å². The monoisotopic (exact) mass is 728 g/mol. The maximum Gasteiger partial charge on any atom is 0.250 e. The first-order valence-electron chi connectivity index (χ1n) is 18.7. The number of nitrogens with zero attached hydrogens (tertiary/aromatic N) is 2. The minimum atomic E-state index is -2.04. The first-order chi connectivity index (χ1) is 23.9. The number of ether oxygens (including phenoxy) is 3. The Morgan fingerprint density at radius 1 is 0.706 bits per heavy atom. The van der Waals surface area contributed by atoms with Gasteiger partial charge in [0.1, 0.15) is 41.5 Å². The zero-order valence-electron chi connectivity index (χ0n) is 32.9. The van der Waals surface area contributed by atoms with Gasteiger partial charge in [0, 0.05) is 68.0 Å². The van der Waals surface area contributed by atoms with Gasteiger partial charge in [-0.25, -0.2) is 0 Å². The van der Waals surface area contributed by atoms with Crippen molar-refractivity contribution in [2.24, 2.45) is 0 Å². The largest absolute Gasteiger partial charge is 0.543 e. The molecule has 3 aliphatic heterocycles. The Bertz CT molecular complexity index is 1730. The molecule has 0 spiro atoms. The SMILES string of the molecule is CN1CCN(CCOc2ccc([C@H]3Oc4cc(O[Si](C)(C)C(C)(C)C)ccc4C4=C3c3ccc(O[Si](C)(C)C(C)(C)C)cc3OCC4)cc2)CC1. The molecule has 0 aromatic heterocycles. The fourth-order valence-electron chi connectivity index (χ4n) is 6.38. The summed E-state index contributed by atoms with van der Waals surface area (Å²) in [5.41, 5.74) is 5.63. The molecule has 7 nitrogen and oxygen atoms in total. The van der Waals surface area contributed by atoms with Crippen LogP contribution in [0.25, 0.3) is 11.1 Å². The van der Waals surface area contributed by atoms with E-state index in [1.54, 1.807) is 0 Å². The Hall–Kier alpha value is -3.25. The lowest BCUT2D eigenvalue weighted by Crippen LogP contribution is -2.45. The Labute approximate surface area is 309 Å². The number of likely N-dealkylation sites (N-methyl/N-ethyl adjacent to an activating group) is 1. The number of benzene rings is 3. The van der Waals surface area contributed by atoms with E-state index in [0.29, 0.717) is 13.2 Å². The Morgan fingerprint density at radius 3 is 1.84 bits per heavy atom. The topological polar surface area (TPSA) is 52.6 Å². The molecule has 0 radical (unpaired) electrons. The minimum absolute atomic E-state index is 0.0891. The predicted octanol–water partition coefficient (Wildman–Crippen LogP) is 9.91. The van der Waals surface area contributed by atoms with Crippen LogP contribution in [-0.2, 0) is 0 Å². The van der Waals surface area contributed by atoms with Crippen LogP contribution in [0.2, 0.25) is 36.3 Å². The van der Waals surface area contributed by atoms with E-state index >= 15 is 0 Å². The molecule has 0 aliphatic carbocycles. The Kier molecular flexibility index (Phi) is 10.5. The van der Waals surface area contributed by atoms with Gasteiger partial charge in [-0.05, 0) is 90.8 Å². The molecule has 0 saturated carbocycles. The molecule has 0 amide bonds. The zero-order chi connectivity index (χ0) is 36.8. The van der Waals surface area contributed by atoms with Crippen LogP contribution in [0.15, 0.2) is 60.7 Å². The standard InChI is InChI=1S/C42H60N2O5Si2/c1-41(2,3)50(8,9)48-32-17-19-36-37(28-32)46-26-20-35-34-18-16-33(49-51(10,11)42(4,5)6)29-38(34)47-40(39(35)36)30-12-14-31(15-13-30)45-27-25-44-23-21-43(7)22-24-44/h12-19,28-29,40H,20-27H2,1-11H3/t40-/m1/s1. The van der Waals surface area contributed by atoms with Crippen LogP contribution in [0, 0.1) is 0 Å². The summed E-state index contributed by atoms with van der Waals surface area (Å²) in [7, 11) is -1.89. The Morgan fingerprint density at radius 2 is 1.25 bits per heavy atom. The molecular formula is C42H60N2O5Si2. The molecule has 6 rings (SSSR count). The molecule has 3 aromatic carbocycles. The van der Waals surface area contributed by atoms with Crippen molar-refractivity contribution in [2.75, 3.05) is 53.0 Å². The Balaban J connectivity index is 1.34. The highest BCUT2D eigenvalue weighted by Gasteiger charge is 2.41. The highest BCUT2D eigenvalue weighted by Crippen LogP contribution is 2.53. The summed E-state index contributed by atoms with van der Waals surface area (Å²) >= 11 is 0. The molecule has 0 unspecified atom stereocenters. The molecule has 3 aromatic rings. The lowest BCUT2D eigenvalue weighted by molar-refractivity contribution is 0.133. The summed E-state index contributed by atoms with van der Waals surface area (Å²) in [6.45, 7) is 29.3. The molecule has 1 saturated heterocycles. The summed E-state index contributed by atoms with van der Waals surface area (Å²) in [6.07, 6.45) is 0.438. The van der Waals surface area contributed by atoms with Crippen molar-refractivity contribution in [2.45, 2.75) is 90.3 Å². The molecule has 9 heteroatoms. The van der Waals surface area contributed by atoms with Gasteiger partial charge in [-0.3, -0.25) is 4.90 Å². The lowest BCUT2D eigenvalue weighted by Gasteiger charge is -2.37. The summed E-state index contributed by atoms with van der Waals surface area (Å²) in [5, 5.41) is 0.182. The van der Waals surface area contributed by atoms with Gasteiger partial charge in [0.2, 0.25) is 16.6 Å². The fraction of sp³-hybridized carbons (Fsp3) is 0.524. The highest BCUT2D eigenvalue weighted by molar-refractivity contribution is 6.75. The molecular weight excluding hydrogens is 669 g/mol. The summed E-state index contributed by atoms with van der Waals surface area (Å²) in [5.74, 6) is 4.30. The van der Waals surface area contributed by atoms with Crippen molar-refractivity contribution in [3.8, 4) is 28.7 Å². The predicted molar refractivity (Wildman–Crippen MR) is 215 cm³/mol. The average molecular weight is 729 g/mol. The van der Waals surface area contributed by atoms with Gasteiger partial charge in [-0.2, -0.15) is 0 Å². The van der Waals surface area contributed by atoms with Crippen molar-refractivity contribution >= 4 is 27.8 Å². The second-order valence-electron chi connectivity index (χ2n) is 17.6. The smallest absolute Gasteiger partial charge is 0.250 e. The van der Waals surface area contributed by atoms with Crippen molar-refractivity contribution in [3.63, 3.8) is 0 Å². The van der Waals surface area contributed by atoms with E-state index < -0.39 is 16.6 Å². The van der Waals surface area contributed by atoms with Gasteiger partial charge >= 0.3 is 0 Å². The number of hydrogen-bond acceptors (Lipinski definition) is 7. The number of rotatable bonds is 9. The third-order valence-electron chi connectivity index (χ3n) is 11.8. The molecule has 276 valence electrons. The van der Waals surface area contributed by atoms with Crippen LogP contribution >= 0.6 is 0 Å². The van der Waals surface area contributed by atoms with Gasteiger partial charge in [0.25, 0.3) is 0 Å². The first-order valence-corrected chi connectivity index (χ1v) is 24.6. The molecule has 51 heavy (non-hydrogen) atoms. The molecule has 3 aliphatic rings. The van der Waals surface area contributed by atoms with E-state index in [1.165, 1.54) is 5.57 Å². The minimum Gasteiger partial charge on any atom is -0.543 e. The quantitative estimate of drug-likeness (QED) is 0.203. The van der Waals surface area contributed by atoms with Crippen molar-refractivity contribution < 1.29 is 23.1 Å². The van der Waals surface area contributed by atoms with E-state index in [-0.39, 0.29) is 16.2 Å². The van der Waals surface area contributed by atoms with Crippen LogP contribution in [0.5, 0.6) is 28.7 Å². The molecule has 1 fully saturated rings. The van der Waals surface area contributed by atoms with E-state index in [4.69, 9.17) is 23.1 Å². The third-order valence-corrected chi connectivity index (χ3v) is 20.5. The number of fused-ring (bicyclic) bond motifs is 4. The maximum atomic E-state index is 7.05. The maximum absolute atomic E-state index is 7.05. The average Bonchev–Trinajstić information content (AvgIpc) is 3.24. The van der Waals surface area contributed by atoms with Gasteiger partial charge in [-0.1, -0.05) is 53.7 Å². The molecule has 3 heterocycles. The normalized spacial score (nSPS) is 18.8.